The second-order valence-corrected chi connectivity index (χ2v) is 4.69. The molecule has 1 aromatic carbocycles. The minimum absolute atomic E-state index is 0.240. The molecule has 0 spiro atoms. The van der Waals surface area contributed by atoms with Gasteiger partial charge < -0.3 is 15.7 Å². The number of aliphatic carboxylic acids is 1. The lowest BCUT2D eigenvalue weighted by Gasteiger charge is -2.24. The molecule has 5 nitrogen and oxygen atoms in total. The Labute approximate surface area is 112 Å². The third-order valence-electron chi connectivity index (χ3n) is 3.29. The fourth-order valence-corrected chi connectivity index (χ4v) is 2.25. The summed E-state index contributed by atoms with van der Waals surface area (Å²) in [4.78, 5) is 23.3. The molecule has 1 aliphatic rings. The van der Waals surface area contributed by atoms with Crippen LogP contribution in [0, 0.1) is 0 Å². The van der Waals surface area contributed by atoms with Gasteiger partial charge in [0.15, 0.2) is 6.04 Å². The molecule has 1 fully saturated rings. The van der Waals surface area contributed by atoms with Crippen LogP contribution in [0.2, 0.25) is 0 Å². The minimum atomic E-state index is -1.05. The average molecular weight is 262 g/mol. The van der Waals surface area contributed by atoms with E-state index in [-0.39, 0.29) is 11.9 Å². The Morgan fingerprint density at radius 2 is 2.00 bits per heavy atom. The fraction of sp³-hybridized carbons (Fsp3) is 0.429. The van der Waals surface area contributed by atoms with E-state index in [2.05, 4.69) is 10.6 Å². The molecule has 0 bridgehead atoms. The van der Waals surface area contributed by atoms with Crippen molar-refractivity contribution in [2.45, 2.75) is 31.3 Å². The van der Waals surface area contributed by atoms with Crippen LogP contribution in [0.15, 0.2) is 30.3 Å². The topological polar surface area (TPSA) is 78.4 Å². The highest BCUT2D eigenvalue weighted by Gasteiger charge is 2.27. The maximum Gasteiger partial charge on any atom is 0.330 e. The molecule has 1 saturated heterocycles. The van der Waals surface area contributed by atoms with Gasteiger partial charge in [-0.15, -0.1) is 0 Å². The van der Waals surface area contributed by atoms with Crippen molar-refractivity contribution in [2.75, 3.05) is 6.54 Å². The zero-order valence-corrected chi connectivity index (χ0v) is 10.6. The number of carboxylic acids is 1. The number of hydrogen-bond acceptors (Lipinski definition) is 3. The lowest BCUT2D eigenvalue weighted by molar-refractivity contribution is -0.142. The molecule has 0 aromatic heterocycles. The van der Waals surface area contributed by atoms with E-state index >= 15 is 0 Å². The quantitative estimate of drug-likeness (QED) is 0.758. The van der Waals surface area contributed by atoms with E-state index < -0.39 is 12.0 Å². The number of piperidine rings is 1. The molecule has 1 heterocycles. The summed E-state index contributed by atoms with van der Waals surface area (Å²) >= 11 is 0. The van der Waals surface area contributed by atoms with Gasteiger partial charge in [0.2, 0.25) is 5.91 Å². The lowest BCUT2D eigenvalue weighted by Crippen LogP contribution is -2.48. The Morgan fingerprint density at radius 1 is 1.26 bits per heavy atom. The van der Waals surface area contributed by atoms with E-state index in [0.29, 0.717) is 5.56 Å². The molecular formula is C14H18N2O3. The van der Waals surface area contributed by atoms with Crippen LogP contribution < -0.4 is 10.6 Å². The Morgan fingerprint density at radius 3 is 2.58 bits per heavy atom. The third kappa shape index (κ3) is 3.54. The van der Waals surface area contributed by atoms with Crippen molar-refractivity contribution < 1.29 is 14.7 Å². The summed E-state index contributed by atoms with van der Waals surface area (Å²) in [6.07, 6.45) is 2.81. The molecule has 1 aliphatic heterocycles. The normalized spacial score (nSPS) is 20.5. The molecule has 0 saturated carbocycles. The van der Waals surface area contributed by atoms with Crippen LogP contribution in [0.4, 0.5) is 0 Å². The third-order valence-corrected chi connectivity index (χ3v) is 3.29. The summed E-state index contributed by atoms with van der Waals surface area (Å²) < 4.78 is 0. The summed E-state index contributed by atoms with van der Waals surface area (Å²) in [7, 11) is 0. The van der Waals surface area contributed by atoms with Gasteiger partial charge in [-0.3, -0.25) is 4.79 Å². The number of carboxylic acid groups (broad SMARTS) is 1. The van der Waals surface area contributed by atoms with Gasteiger partial charge in [-0.05, 0) is 24.9 Å². The van der Waals surface area contributed by atoms with Gasteiger partial charge in [-0.1, -0.05) is 36.8 Å². The van der Waals surface area contributed by atoms with Crippen LogP contribution in [0.5, 0.6) is 0 Å². The number of carbonyl (C=O) groups is 2. The molecule has 19 heavy (non-hydrogen) atoms. The standard InChI is InChI=1S/C14H18N2O3/c17-13(11-8-4-5-9-15-11)16-12(14(18)19)10-6-2-1-3-7-10/h1-3,6-7,11-12,15H,4-5,8-9H2,(H,16,17)(H,18,19)/t11?,12-/m0/s1. The Bertz CT molecular complexity index is 441. The van der Waals surface area contributed by atoms with Crippen molar-refractivity contribution in [2.24, 2.45) is 0 Å². The number of amides is 1. The maximum absolute atomic E-state index is 12.0. The van der Waals surface area contributed by atoms with Gasteiger partial charge in [0.25, 0.3) is 0 Å². The molecule has 1 unspecified atom stereocenters. The highest BCUT2D eigenvalue weighted by atomic mass is 16.4. The average Bonchev–Trinajstić information content (AvgIpc) is 2.46. The molecule has 0 aliphatic carbocycles. The highest BCUT2D eigenvalue weighted by molar-refractivity contribution is 5.87. The van der Waals surface area contributed by atoms with Crippen LogP contribution in [-0.4, -0.2) is 29.6 Å². The number of benzene rings is 1. The SMILES string of the molecule is O=C(N[C@H](C(=O)O)c1ccccc1)C1CCCCN1. The second-order valence-electron chi connectivity index (χ2n) is 4.69. The summed E-state index contributed by atoms with van der Waals surface area (Å²) in [5.41, 5.74) is 0.583. The Hall–Kier alpha value is -1.88. The van der Waals surface area contributed by atoms with Crippen molar-refractivity contribution in [1.29, 1.82) is 0 Å². The van der Waals surface area contributed by atoms with Gasteiger partial charge >= 0.3 is 5.97 Å². The van der Waals surface area contributed by atoms with Crippen LogP contribution >= 0.6 is 0 Å². The summed E-state index contributed by atoms with van der Waals surface area (Å²) in [5, 5.41) is 14.9. The molecule has 1 aromatic rings. The predicted octanol–water partition coefficient (Wildman–Crippen LogP) is 1.07. The van der Waals surface area contributed by atoms with Gasteiger partial charge in [-0.25, -0.2) is 4.79 Å². The smallest absolute Gasteiger partial charge is 0.330 e. The Kier molecular flexibility index (Phi) is 4.52. The van der Waals surface area contributed by atoms with E-state index in [4.69, 9.17) is 0 Å². The summed E-state index contributed by atoms with van der Waals surface area (Å²) in [6, 6.07) is 7.47. The van der Waals surface area contributed by atoms with Crippen LogP contribution in [0.3, 0.4) is 0 Å². The van der Waals surface area contributed by atoms with Crippen LogP contribution in [-0.2, 0) is 9.59 Å². The molecule has 2 atom stereocenters. The van der Waals surface area contributed by atoms with Crippen molar-refractivity contribution in [3.05, 3.63) is 35.9 Å². The number of rotatable bonds is 4. The monoisotopic (exact) mass is 262 g/mol. The zero-order chi connectivity index (χ0) is 13.7. The van der Waals surface area contributed by atoms with Crippen molar-refractivity contribution in [1.82, 2.24) is 10.6 Å². The molecule has 0 radical (unpaired) electrons. The summed E-state index contributed by atoms with van der Waals surface area (Å²) in [6.45, 7) is 0.807. The van der Waals surface area contributed by atoms with E-state index in [1.807, 2.05) is 6.07 Å². The lowest BCUT2D eigenvalue weighted by atomic mass is 10.0. The first-order valence-corrected chi connectivity index (χ1v) is 6.50. The molecule has 3 N–H and O–H groups in total. The molecular weight excluding hydrogens is 244 g/mol. The van der Waals surface area contributed by atoms with Crippen LogP contribution in [0.1, 0.15) is 30.9 Å². The first-order valence-electron chi connectivity index (χ1n) is 6.50. The van der Waals surface area contributed by atoms with Gasteiger partial charge in [0.1, 0.15) is 0 Å². The first kappa shape index (κ1) is 13.5. The van der Waals surface area contributed by atoms with Crippen LogP contribution in [0.25, 0.3) is 0 Å². The van der Waals surface area contributed by atoms with Crippen molar-refractivity contribution in [3.8, 4) is 0 Å². The van der Waals surface area contributed by atoms with Gasteiger partial charge in [-0.2, -0.15) is 0 Å². The van der Waals surface area contributed by atoms with E-state index in [9.17, 15) is 14.7 Å². The van der Waals surface area contributed by atoms with Gasteiger partial charge in [0.05, 0.1) is 6.04 Å². The number of nitrogens with one attached hydrogen (secondary N) is 2. The highest BCUT2D eigenvalue weighted by Crippen LogP contribution is 2.14. The van der Waals surface area contributed by atoms with Gasteiger partial charge in [0, 0.05) is 0 Å². The minimum Gasteiger partial charge on any atom is -0.479 e. The number of carbonyl (C=O) groups excluding carboxylic acids is 1. The largest absolute Gasteiger partial charge is 0.479 e. The van der Waals surface area contributed by atoms with E-state index in [1.165, 1.54) is 0 Å². The zero-order valence-electron chi connectivity index (χ0n) is 10.6. The molecule has 2 rings (SSSR count). The van der Waals surface area contributed by atoms with E-state index in [0.717, 1.165) is 25.8 Å². The Balaban J connectivity index is 2.04. The second kappa shape index (κ2) is 6.33. The predicted molar refractivity (Wildman–Crippen MR) is 70.6 cm³/mol. The first-order chi connectivity index (χ1) is 9.18. The maximum atomic E-state index is 12.0. The molecule has 1 amide bonds. The summed E-state index contributed by atoms with van der Waals surface area (Å²) in [5.74, 6) is -1.29. The molecule has 5 heteroatoms. The van der Waals surface area contributed by atoms with Crippen molar-refractivity contribution in [3.63, 3.8) is 0 Å². The van der Waals surface area contributed by atoms with E-state index in [1.54, 1.807) is 24.3 Å². The van der Waals surface area contributed by atoms with Crippen molar-refractivity contribution >= 4 is 11.9 Å². The fourth-order valence-electron chi connectivity index (χ4n) is 2.25. The number of hydrogen-bond donors (Lipinski definition) is 3. The molecule has 102 valence electrons.